The summed E-state index contributed by atoms with van der Waals surface area (Å²) in [4.78, 5) is 0.243. The largest absolute Gasteiger partial charge is 0.494 e. The molecule has 124 valence electrons. The second-order valence-corrected chi connectivity index (χ2v) is 7.19. The van der Waals surface area contributed by atoms with Crippen molar-refractivity contribution in [1.29, 1.82) is 0 Å². The average molecular weight is 328 g/mol. The lowest BCUT2D eigenvalue weighted by atomic mass is 10.0. The van der Waals surface area contributed by atoms with Gasteiger partial charge in [-0.15, -0.1) is 0 Å². The molecule has 0 aliphatic carbocycles. The van der Waals surface area contributed by atoms with Crippen molar-refractivity contribution in [2.45, 2.75) is 36.8 Å². The summed E-state index contributed by atoms with van der Waals surface area (Å²) in [6, 6.07) is 6.36. The molecule has 1 aromatic carbocycles. The van der Waals surface area contributed by atoms with Crippen LogP contribution in [-0.2, 0) is 14.8 Å². The maximum Gasteiger partial charge on any atom is 0.243 e. The second-order valence-electron chi connectivity index (χ2n) is 5.30. The van der Waals surface area contributed by atoms with Crippen LogP contribution in [0.5, 0.6) is 5.75 Å². The zero-order valence-electron chi connectivity index (χ0n) is 13.1. The Morgan fingerprint density at radius 1 is 1.41 bits per heavy atom. The number of hydrogen-bond donors (Lipinski definition) is 1. The lowest BCUT2D eigenvalue weighted by Crippen LogP contribution is -2.51. The number of benzene rings is 1. The molecule has 1 heterocycles. The van der Waals surface area contributed by atoms with Crippen molar-refractivity contribution in [2.24, 2.45) is 5.73 Å². The maximum atomic E-state index is 12.9. The van der Waals surface area contributed by atoms with E-state index in [0.717, 1.165) is 0 Å². The molecule has 0 spiro atoms. The molecular formula is C15H24N2O4S. The fourth-order valence-corrected chi connectivity index (χ4v) is 4.46. The van der Waals surface area contributed by atoms with E-state index in [1.807, 2.05) is 6.92 Å². The van der Waals surface area contributed by atoms with Crippen molar-refractivity contribution in [1.82, 2.24) is 4.31 Å². The van der Waals surface area contributed by atoms with Crippen LogP contribution in [0.25, 0.3) is 0 Å². The SMILES string of the molecule is CCOc1cccc(S(=O)(=O)N2CCC(OC)CC2CN)c1. The van der Waals surface area contributed by atoms with Gasteiger partial charge in [0.05, 0.1) is 17.6 Å². The first-order valence-electron chi connectivity index (χ1n) is 7.50. The summed E-state index contributed by atoms with van der Waals surface area (Å²) < 4.78 is 38.0. The molecule has 7 heteroatoms. The molecule has 1 fully saturated rings. The average Bonchev–Trinajstić information content (AvgIpc) is 2.54. The number of hydrogen-bond acceptors (Lipinski definition) is 5. The van der Waals surface area contributed by atoms with Gasteiger partial charge in [-0.1, -0.05) is 6.07 Å². The molecule has 22 heavy (non-hydrogen) atoms. The van der Waals surface area contributed by atoms with Crippen LogP contribution in [0.2, 0.25) is 0 Å². The van der Waals surface area contributed by atoms with E-state index in [9.17, 15) is 8.42 Å². The standard InChI is InChI=1S/C15H24N2O4S/c1-3-21-14-5-4-6-15(10-14)22(18,19)17-8-7-13(20-2)9-12(17)11-16/h4-6,10,12-13H,3,7-9,11,16H2,1-2H3. The van der Waals surface area contributed by atoms with E-state index in [-0.39, 0.29) is 23.6 Å². The quantitative estimate of drug-likeness (QED) is 0.849. The van der Waals surface area contributed by atoms with Gasteiger partial charge < -0.3 is 15.2 Å². The number of nitrogens with two attached hydrogens (primary N) is 1. The summed E-state index contributed by atoms with van der Waals surface area (Å²) in [5, 5.41) is 0. The summed E-state index contributed by atoms with van der Waals surface area (Å²) in [5.74, 6) is 0.555. The zero-order valence-corrected chi connectivity index (χ0v) is 13.9. The van der Waals surface area contributed by atoms with E-state index in [0.29, 0.717) is 31.7 Å². The second kappa shape index (κ2) is 7.41. The van der Waals surface area contributed by atoms with Crippen LogP contribution in [0.4, 0.5) is 0 Å². The first kappa shape index (κ1) is 17.2. The Hall–Kier alpha value is -1.15. The zero-order chi connectivity index (χ0) is 16.2. The summed E-state index contributed by atoms with van der Waals surface area (Å²) in [7, 11) is -1.93. The molecule has 2 rings (SSSR count). The first-order chi connectivity index (χ1) is 10.5. The van der Waals surface area contributed by atoms with Crippen molar-refractivity contribution >= 4 is 10.0 Å². The highest BCUT2D eigenvalue weighted by molar-refractivity contribution is 7.89. The predicted molar refractivity (Wildman–Crippen MR) is 84.4 cm³/mol. The van der Waals surface area contributed by atoms with Crippen LogP contribution >= 0.6 is 0 Å². The van der Waals surface area contributed by atoms with Gasteiger partial charge in [0, 0.05) is 32.3 Å². The molecular weight excluding hydrogens is 304 g/mol. The number of rotatable bonds is 6. The third-order valence-corrected chi connectivity index (χ3v) is 5.89. The van der Waals surface area contributed by atoms with Crippen molar-refractivity contribution in [2.75, 3.05) is 26.8 Å². The van der Waals surface area contributed by atoms with Crippen molar-refractivity contribution < 1.29 is 17.9 Å². The number of piperidine rings is 1. The predicted octanol–water partition coefficient (Wildman–Crippen LogP) is 1.21. The van der Waals surface area contributed by atoms with Crippen LogP contribution in [0.1, 0.15) is 19.8 Å². The van der Waals surface area contributed by atoms with Crippen LogP contribution in [0, 0.1) is 0 Å². The van der Waals surface area contributed by atoms with E-state index in [1.165, 1.54) is 4.31 Å². The molecule has 6 nitrogen and oxygen atoms in total. The van der Waals surface area contributed by atoms with Gasteiger partial charge in [-0.05, 0) is 31.9 Å². The molecule has 2 unspecified atom stereocenters. The van der Waals surface area contributed by atoms with Gasteiger partial charge in [-0.2, -0.15) is 4.31 Å². The van der Waals surface area contributed by atoms with Gasteiger partial charge in [0.15, 0.2) is 0 Å². The number of nitrogens with zero attached hydrogens (tertiary/aromatic N) is 1. The van der Waals surface area contributed by atoms with Gasteiger partial charge >= 0.3 is 0 Å². The Morgan fingerprint density at radius 3 is 2.82 bits per heavy atom. The first-order valence-corrected chi connectivity index (χ1v) is 8.94. The van der Waals surface area contributed by atoms with E-state index in [1.54, 1.807) is 31.4 Å². The highest BCUT2D eigenvalue weighted by Crippen LogP contribution is 2.28. The van der Waals surface area contributed by atoms with Crippen LogP contribution in [-0.4, -0.2) is 51.7 Å². The Labute approximate surface area is 132 Å². The monoisotopic (exact) mass is 328 g/mol. The Morgan fingerprint density at radius 2 is 2.18 bits per heavy atom. The fourth-order valence-electron chi connectivity index (χ4n) is 2.76. The van der Waals surface area contributed by atoms with E-state index in [4.69, 9.17) is 15.2 Å². The molecule has 2 atom stereocenters. The smallest absolute Gasteiger partial charge is 0.243 e. The Bertz CT molecular complexity index is 591. The molecule has 1 saturated heterocycles. The lowest BCUT2D eigenvalue weighted by molar-refractivity contribution is 0.0401. The maximum absolute atomic E-state index is 12.9. The summed E-state index contributed by atoms with van der Waals surface area (Å²) in [5.41, 5.74) is 5.78. The lowest BCUT2D eigenvalue weighted by Gasteiger charge is -2.37. The van der Waals surface area contributed by atoms with E-state index < -0.39 is 10.0 Å². The minimum atomic E-state index is -3.58. The Balaban J connectivity index is 2.27. The van der Waals surface area contributed by atoms with Gasteiger partial charge in [-0.3, -0.25) is 0 Å². The minimum absolute atomic E-state index is 0.0646. The van der Waals surface area contributed by atoms with Crippen LogP contribution < -0.4 is 10.5 Å². The molecule has 0 radical (unpaired) electrons. The Kier molecular flexibility index (Phi) is 5.80. The van der Waals surface area contributed by atoms with E-state index >= 15 is 0 Å². The summed E-state index contributed by atoms with van der Waals surface area (Å²) >= 11 is 0. The summed E-state index contributed by atoms with van der Waals surface area (Å²) in [6.07, 6.45) is 1.36. The number of methoxy groups -OCH3 is 1. The van der Waals surface area contributed by atoms with E-state index in [2.05, 4.69) is 0 Å². The van der Waals surface area contributed by atoms with Crippen molar-refractivity contribution in [3.05, 3.63) is 24.3 Å². The molecule has 1 aliphatic rings. The molecule has 0 aromatic heterocycles. The number of sulfonamides is 1. The molecule has 1 aliphatic heterocycles. The molecule has 0 bridgehead atoms. The number of ether oxygens (including phenoxy) is 2. The molecule has 2 N–H and O–H groups in total. The highest BCUT2D eigenvalue weighted by atomic mass is 32.2. The van der Waals surface area contributed by atoms with Crippen LogP contribution in [0.3, 0.4) is 0 Å². The van der Waals surface area contributed by atoms with Gasteiger partial charge in [0.1, 0.15) is 5.75 Å². The highest BCUT2D eigenvalue weighted by Gasteiger charge is 2.36. The van der Waals surface area contributed by atoms with Crippen LogP contribution in [0.15, 0.2) is 29.2 Å². The van der Waals surface area contributed by atoms with Crippen molar-refractivity contribution in [3.63, 3.8) is 0 Å². The van der Waals surface area contributed by atoms with Gasteiger partial charge in [-0.25, -0.2) is 8.42 Å². The minimum Gasteiger partial charge on any atom is -0.494 e. The molecule has 0 saturated carbocycles. The third-order valence-electron chi connectivity index (χ3n) is 3.94. The molecule has 1 aromatic rings. The molecule has 0 amide bonds. The topological polar surface area (TPSA) is 81.9 Å². The fraction of sp³-hybridized carbons (Fsp3) is 0.600. The van der Waals surface area contributed by atoms with Gasteiger partial charge in [0.2, 0.25) is 10.0 Å². The third kappa shape index (κ3) is 3.60. The van der Waals surface area contributed by atoms with Crippen molar-refractivity contribution in [3.8, 4) is 5.75 Å². The normalized spacial score (nSPS) is 23.4. The summed E-state index contributed by atoms with van der Waals surface area (Å²) in [6.45, 7) is 3.06. The van der Waals surface area contributed by atoms with Gasteiger partial charge in [0.25, 0.3) is 0 Å².